The Morgan fingerprint density at radius 1 is 0.524 bits per heavy atom. The minimum atomic E-state index is -0.534. The first-order valence-corrected chi connectivity index (χ1v) is 14.4. The molecule has 2 unspecified atom stereocenters. The molecule has 228 valence electrons. The number of hydrogen-bond acceptors (Lipinski definition) is 8. The monoisotopic (exact) mass is 578 g/mol. The van der Waals surface area contributed by atoms with E-state index in [1.807, 2.05) is 100 Å². The number of aliphatic hydroxyl groups is 2. The largest absolute Gasteiger partial charge is 0.496 e. The number of rotatable bonds is 14. The normalized spacial score (nSPS) is 12.6. The molecule has 0 heterocycles. The van der Waals surface area contributed by atoms with E-state index in [-0.39, 0.29) is 13.2 Å². The number of aliphatic hydroxyl groups excluding tert-OH is 2. The summed E-state index contributed by atoms with van der Waals surface area (Å²) in [4.78, 5) is 0. The van der Waals surface area contributed by atoms with Crippen molar-refractivity contribution in [3.05, 3.63) is 72.8 Å². The van der Waals surface area contributed by atoms with Crippen LogP contribution in [0.4, 0.5) is 0 Å². The maximum absolute atomic E-state index is 9.92. The Hall–Kier alpha value is -3.56. The van der Waals surface area contributed by atoms with Crippen molar-refractivity contribution in [1.29, 1.82) is 0 Å². The second kappa shape index (κ2) is 16.8. The molecular weight excluding hydrogens is 532 g/mol. The first-order valence-electron chi connectivity index (χ1n) is 14.4. The van der Waals surface area contributed by atoms with Crippen LogP contribution in [-0.2, 0) is 0 Å². The Labute approximate surface area is 249 Å². The van der Waals surface area contributed by atoms with Gasteiger partial charge in [0.05, 0.1) is 14.2 Å². The molecule has 8 nitrogen and oxygen atoms in total. The van der Waals surface area contributed by atoms with Crippen molar-refractivity contribution in [2.45, 2.75) is 52.0 Å². The van der Waals surface area contributed by atoms with Gasteiger partial charge in [-0.1, -0.05) is 76.2 Å². The van der Waals surface area contributed by atoms with Gasteiger partial charge in [-0.05, 0) is 24.3 Å². The maximum atomic E-state index is 9.92. The Morgan fingerprint density at radius 2 is 0.833 bits per heavy atom. The lowest BCUT2D eigenvalue weighted by Gasteiger charge is -2.16. The number of ether oxygens (including phenoxy) is 4. The molecule has 4 rings (SSSR count). The number of fused-ring (bicyclic) bond motifs is 2. The van der Waals surface area contributed by atoms with E-state index in [1.54, 1.807) is 14.2 Å². The van der Waals surface area contributed by atoms with Gasteiger partial charge in [-0.3, -0.25) is 0 Å². The summed E-state index contributed by atoms with van der Waals surface area (Å²) in [6, 6.07) is 24.1. The molecule has 0 saturated heterocycles. The second-order valence-corrected chi connectivity index (χ2v) is 10.7. The Morgan fingerprint density at radius 3 is 1.14 bits per heavy atom. The maximum Gasteiger partial charge on any atom is 0.127 e. The number of methoxy groups -OCH3 is 2. The number of benzene rings is 4. The van der Waals surface area contributed by atoms with Crippen LogP contribution >= 0.6 is 0 Å². The molecule has 0 aliphatic carbocycles. The van der Waals surface area contributed by atoms with Crippen molar-refractivity contribution < 1.29 is 29.2 Å². The van der Waals surface area contributed by atoms with Crippen LogP contribution in [0.1, 0.15) is 27.7 Å². The molecule has 0 aliphatic rings. The van der Waals surface area contributed by atoms with E-state index in [0.29, 0.717) is 25.2 Å². The highest BCUT2D eigenvalue weighted by Gasteiger charge is 2.11. The molecule has 2 atom stereocenters. The third kappa shape index (κ3) is 9.77. The van der Waals surface area contributed by atoms with Gasteiger partial charge in [0.15, 0.2) is 0 Å². The predicted octanol–water partition coefficient (Wildman–Crippen LogP) is 5.17. The molecule has 0 fully saturated rings. The fourth-order valence-corrected chi connectivity index (χ4v) is 4.33. The van der Waals surface area contributed by atoms with Crippen molar-refractivity contribution in [2.75, 3.05) is 40.5 Å². The lowest BCUT2D eigenvalue weighted by Crippen LogP contribution is -2.35. The summed E-state index contributed by atoms with van der Waals surface area (Å²) in [5.41, 5.74) is 0. The van der Waals surface area contributed by atoms with Crippen LogP contribution in [0.25, 0.3) is 21.5 Å². The molecule has 4 N–H and O–H groups in total. The molecule has 4 aromatic rings. The van der Waals surface area contributed by atoms with Gasteiger partial charge >= 0.3 is 0 Å². The SMILES string of the molecule is COc1ccc(OCC(O)CNC(C)C)c2ccccc12.COc1ccc(OCC(O)CNC(C)C)c2ccccc12. The molecule has 0 radical (unpaired) electrons. The van der Waals surface area contributed by atoms with Gasteiger partial charge in [0.2, 0.25) is 0 Å². The van der Waals surface area contributed by atoms with Crippen LogP contribution in [0.2, 0.25) is 0 Å². The number of hydrogen-bond donors (Lipinski definition) is 4. The van der Waals surface area contributed by atoms with E-state index in [0.717, 1.165) is 44.5 Å². The highest BCUT2D eigenvalue weighted by Crippen LogP contribution is 2.34. The van der Waals surface area contributed by atoms with Crippen molar-refractivity contribution in [3.63, 3.8) is 0 Å². The molecule has 42 heavy (non-hydrogen) atoms. The van der Waals surface area contributed by atoms with Crippen molar-refractivity contribution in [2.24, 2.45) is 0 Å². The van der Waals surface area contributed by atoms with Crippen molar-refractivity contribution in [1.82, 2.24) is 10.6 Å². The van der Waals surface area contributed by atoms with Gasteiger partial charge in [0, 0.05) is 46.7 Å². The lowest BCUT2D eigenvalue weighted by molar-refractivity contribution is 0.105. The third-order valence-electron chi connectivity index (χ3n) is 6.51. The van der Waals surface area contributed by atoms with Crippen LogP contribution in [0.5, 0.6) is 23.0 Å². The van der Waals surface area contributed by atoms with Crippen molar-refractivity contribution >= 4 is 21.5 Å². The van der Waals surface area contributed by atoms with Gasteiger partial charge in [0.25, 0.3) is 0 Å². The van der Waals surface area contributed by atoms with E-state index in [2.05, 4.69) is 10.6 Å². The van der Waals surface area contributed by atoms with E-state index in [4.69, 9.17) is 18.9 Å². The molecule has 4 aromatic carbocycles. The highest BCUT2D eigenvalue weighted by molar-refractivity contribution is 5.94. The first-order chi connectivity index (χ1) is 20.2. The molecule has 0 aliphatic heterocycles. The summed E-state index contributed by atoms with van der Waals surface area (Å²) in [6.07, 6.45) is -1.07. The minimum Gasteiger partial charge on any atom is -0.496 e. The van der Waals surface area contributed by atoms with Crippen LogP contribution in [0.3, 0.4) is 0 Å². The fourth-order valence-electron chi connectivity index (χ4n) is 4.33. The second-order valence-electron chi connectivity index (χ2n) is 10.7. The highest BCUT2D eigenvalue weighted by atomic mass is 16.5. The zero-order chi connectivity index (χ0) is 30.5. The van der Waals surface area contributed by atoms with E-state index >= 15 is 0 Å². The fraction of sp³-hybridized carbons (Fsp3) is 0.412. The Kier molecular flexibility index (Phi) is 13.2. The van der Waals surface area contributed by atoms with Gasteiger partial charge in [-0.25, -0.2) is 0 Å². The molecule has 0 saturated carbocycles. The minimum absolute atomic E-state index is 0.260. The lowest BCUT2D eigenvalue weighted by atomic mass is 10.1. The van der Waals surface area contributed by atoms with Crippen LogP contribution < -0.4 is 29.6 Å². The summed E-state index contributed by atoms with van der Waals surface area (Å²) < 4.78 is 22.3. The topological polar surface area (TPSA) is 101 Å². The zero-order valence-electron chi connectivity index (χ0n) is 25.6. The molecule has 0 aromatic heterocycles. The Balaban J connectivity index is 0.000000230. The molecule has 8 heteroatoms. The van der Waals surface area contributed by atoms with E-state index < -0.39 is 12.2 Å². The summed E-state index contributed by atoms with van der Waals surface area (Å²) in [6.45, 7) is 9.74. The van der Waals surface area contributed by atoms with Gasteiger partial charge < -0.3 is 39.8 Å². The average Bonchev–Trinajstić information content (AvgIpc) is 3.00. The van der Waals surface area contributed by atoms with E-state index in [9.17, 15) is 10.2 Å². The van der Waals surface area contributed by atoms with E-state index in [1.165, 1.54) is 0 Å². The zero-order valence-corrected chi connectivity index (χ0v) is 25.6. The summed E-state index contributed by atoms with van der Waals surface area (Å²) in [5, 5.41) is 30.2. The third-order valence-corrected chi connectivity index (χ3v) is 6.51. The molecule has 0 spiro atoms. The van der Waals surface area contributed by atoms with Crippen LogP contribution in [0, 0.1) is 0 Å². The van der Waals surface area contributed by atoms with Crippen LogP contribution in [0.15, 0.2) is 72.8 Å². The molecular formula is C34H46N2O6. The smallest absolute Gasteiger partial charge is 0.127 e. The summed E-state index contributed by atoms with van der Waals surface area (Å²) in [5.74, 6) is 3.16. The van der Waals surface area contributed by atoms with Gasteiger partial charge in [-0.2, -0.15) is 0 Å². The summed E-state index contributed by atoms with van der Waals surface area (Å²) >= 11 is 0. The first kappa shape index (κ1) is 32.9. The standard InChI is InChI=1S/2C17H23NO3/c2*1-12(2)18-10-13(19)11-21-17-9-8-16(20-3)14-6-4-5-7-15(14)17/h2*4-9,12-13,18-19H,10-11H2,1-3H3. The average molecular weight is 579 g/mol. The quantitative estimate of drug-likeness (QED) is 0.163. The molecule has 0 bridgehead atoms. The number of nitrogens with one attached hydrogen (secondary N) is 2. The summed E-state index contributed by atoms with van der Waals surface area (Å²) in [7, 11) is 3.31. The molecule has 0 amide bonds. The van der Waals surface area contributed by atoms with Gasteiger partial charge in [-0.15, -0.1) is 0 Å². The predicted molar refractivity (Wildman–Crippen MR) is 170 cm³/mol. The van der Waals surface area contributed by atoms with Crippen LogP contribution in [-0.4, -0.2) is 75.0 Å². The van der Waals surface area contributed by atoms with Gasteiger partial charge in [0.1, 0.15) is 48.4 Å². The Bertz CT molecular complexity index is 1270. The van der Waals surface area contributed by atoms with Crippen molar-refractivity contribution in [3.8, 4) is 23.0 Å².